The molecule has 0 amide bonds. The SMILES string of the molecule is Nc1cc2c(=O)[nH]cnc2cc1Nc1c(Br)cccc1Br. The van der Waals surface area contributed by atoms with Crippen molar-refractivity contribution in [3.63, 3.8) is 0 Å². The highest BCUT2D eigenvalue weighted by Crippen LogP contribution is 2.35. The quantitative estimate of drug-likeness (QED) is 0.562. The molecule has 7 heteroatoms. The number of H-pyrrole nitrogens is 1. The van der Waals surface area contributed by atoms with E-state index >= 15 is 0 Å². The van der Waals surface area contributed by atoms with E-state index < -0.39 is 0 Å². The van der Waals surface area contributed by atoms with E-state index in [0.717, 1.165) is 14.6 Å². The van der Waals surface area contributed by atoms with Crippen LogP contribution in [0.25, 0.3) is 10.9 Å². The Morgan fingerprint density at radius 1 is 1.19 bits per heavy atom. The number of nitrogens with zero attached hydrogens (tertiary/aromatic N) is 1. The molecule has 3 rings (SSSR count). The third-order valence-corrected chi connectivity index (χ3v) is 4.36. The largest absolute Gasteiger partial charge is 0.397 e. The molecule has 0 aliphatic carbocycles. The van der Waals surface area contributed by atoms with Crippen molar-refractivity contribution >= 4 is 59.8 Å². The van der Waals surface area contributed by atoms with E-state index in [4.69, 9.17) is 5.73 Å². The zero-order chi connectivity index (χ0) is 15.0. The van der Waals surface area contributed by atoms with Crippen LogP contribution in [-0.2, 0) is 0 Å². The van der Waals surface area contributed by atoms with Gasteiger partial charge in [0.05, 0.1) is 34.3 Å². The predicted octanol–water partition coefficient (Wildman–Crippen LogP) is 3.77. The number of aromatic amines is 1. The summed E-state index contributed by atoms with van der Waals surface area (Å²) in [6, 6.07) is 9.14. The summed E-state index contributed by atoms with van der Waals surface area (Å²) in [5.41, 5.74) is 8.42. The molecular formula is C14H10Br2N4O. The van der Waals surface area contributed by atoms with E-state index in [1.807, 2.05) is 18.2 Å². The van der Waals surface area contributed by atoms with Crippen LogP contribution in [0.5, 0.6) is 0 Å². The Morgan fingerprint density at radius 2 is 1.90 bits per heavy atom. The lowest BCUT2D eigenvalue weighted by Gasteiger charge is -2.13. The molecule has 0 bridgehead atoms. The fourth-order valence-electron chi connectivity index (χ4n) is 1.99. The number of halogens is 2. The summed E-state index contributed by atoms with van der Waals surface area (Å²) >= 11 is 6.97. The Hall–Kier alpha value is -1.86. The summed E-state index contributed by atoms with van der Waals surface area (Å²) in [6.45, 7) is 0. The predicted molar refractivity (Wildman–Crippen MR) is 91.9 cm³/mol. The van der Waals surface area contributed by atoms with Gasteiger partial charge in [-0.1, -0.05) is 6.07 Å². The van der Waals surface area contributed by atoms with Crippen LogP contribution in [0.1, 0.15) is 0 Å². The molecule has 4 N–H and O–H groups in total. The average Bonchev–Trinajstić information content (AvgIpc) is 2.45. The number of nitrogens with one attached hydrogen (secondary N) is 2. The van der Waals surface area contributed by atoms with Gasteiger partial charge in [-0.3, -0.25) is 4.79 Å². The Morgan fingerprint density at radius 3 is 2.62 bits per heavy atom. The maximum atomic E-state index is 11.7. The minimum absolute atomic E-state index is 0.208. The van der Waals surface area contributed by atoms with Crippen LogP contribution >= 0.6 is 31.9 Å². The van der Waals surface area contributed by atoms with E-state index in [2.05, 4.69) is 47.1 Å². The molecule has 0 spiro atoms. The van der Waals surface area contributed by atoms with Crippen molar-refractivity contribution < 1.29 is 0 Å². The Balaban J connectivity index is 2.13. The molecule has 5 nitrogen and oxygen atoms in total. The molecule has 106 valence electrons. The van der Waals surface area contributed by atoms with Gasteiger partial charge in [0.15, 0.2) is 0 Å². The number of para-hydroxylation sites is 1. The lowest BCUT2D eigenvalue weighted by molar-refractivity contribution is 1.17. The van der Waals surface area contributed by atoms with Crippen LogP contribution in [0.3, 0.4) is 0 Å². The zero-order valence-electron chi connectivity index (χ0n) is 10.7. The van der Waals surface area contributed by atoms with Crippen LogP contribution in [0.15, 0.2) is 50.4 Å². The van der Waals surface area contributed by atoms with Crippen LogP contribution in [0.4, 0.5) is 17.1 Å². The zero-order valence-corrected chi connectivity index (χ0v) is 13.8. The first kappa shape index (κ1) is 14.1. The molecule has 0 atom stereocenters. The molecule has 21 heavy (non-hydrogen) atoms. The van der Waals surface area contributed by atoms with Gasteiger partial charge in [0.1, 0.15) is 0 Å². The van der Waals surface area contributed by atoms with Crippen LogP contribution in [0.2, 0.25) is 0 Å². The summed E-state index contributed by atoms with van der Waals surface area (Å²) in [7, 11) is 0. The highest BCUT2D eigenvalue weighted by Gasteiger charge is 2.09. The van der Waals surface area contributed by atoms with Gasteiger partial charge in [-0.25, -0.2) is 4.98 Å². The van der Waals surface area contributed by atoms with Crippen molar-refractivity contribution in [1.82, 2.24) is 9.97 Å². The number of hydrogen-bond acceptors (Lipinski definition) is 4. The molecule has 0 saturated carbocycles. The van der Waals surface area contributed by atoms with Gasteiger partial charge >= 0.3 is 0 Å². The molecule has 2 aromatic carbocycles. The molecule has 0 aliphatic rings. The van der Waals surface area contributed by atoms with Crippen LogP contribution in [0, 0.1) is 0 Å². The maximum Gasteiger partial charge on any atom is 0.258 e. The number of benzene rings is 2. The van der Waals surface area contributed by atoms with Crippen molar-refractivity contribution in [3.8, 4) is 0 Å². The highest BCUT2D eigenvalue weighted by molar-refractivity contribution is 9.11. The van der Waals surface area contributed by atoms with Crippen molar-refractivity contribution in [2.24, 2.45) is 0 Å². The third kappa shape index (κ3) is 2.66. The van der Waals surface area contributed by atoms with Gasteiger partial charge in [0, 0.05) is 8.95 Å². The van der Waals surface area contributed by atoms with E-state index in [-0.39, 0.29) is 5.56 Å². The van der Waals surface area contributed by atoms with Crippen LogP contribution < -0.4 is 16.6 Å². The monoisotopic (exact) mass is 408 g/mol. The number of aromatic nitrogens is 2. The molecule has 1 aromatic heterocycles. The topological polar surface area (TPSA) is 83.8 Å². The standard InChI is InChI=1S/C14H10Br2N4O/c15-8-2-1-3-9(16)13(8)20-12-5-11-7(4-10(12)17)14(21)19-6-18-11/h1-6,20H,17H2,(H,18,19,21). The first-order valence-electron chi connectivity index (χ1n) is 6.04. The van der Waals surface area contributed by atoms with Crippen molar-refractivity contribution in [2.45, 2.75) is 0 Å². The summed E-state index contributed by atoms with van der Waals surface area (Å²) in [6.07, 6.45) is 1.37. The Kier molecular flexibility index (Phi) is 3.69. The molecule has 1 heterocycles. The second kappa shape index (κ2) is 5.50. The van der Waals surface area contributed by atoms with Gasteiger partial charge < -0.3 is 16.0 Å². The highest BCUT2D eigenvalue weighted by atomic mass is 79.9. The van der Waals surface area contributed by atoms with E-state index in [1.54, 1.807) is 12.1 Å². The molecule has 0 aliphatic heterocycles. The van der Waals surface area contributed by atoms with E-state index in [0.29, 0.717) is 22.3 Å². The third-order valence-electron chi connectivity index (χ3n) is 3.03. The lowest BCUT2D eigenvalue weighted by Crippen LogP contribution is -2.07. The number of nitrogen functional groups attached to an aromatic ring is 1. The van der Waals surface area contributed by atoms with E-state index in [9.17, 15) is 4.79 Å². The summed E-state index contributed by atoms with van der Waals surface area (Å²) in [5, 5.41) is 3.71. The molecule has 0 fully saturated rings. The molecule has 0 radical (unpaired) electrons. The minimum Gasteiger partial charge on any atom is -0.397 e. The van der Waals surface area contributed by atoms with Crippen molar-refractivity contribution in [1.29, 1.82) is 0 Å². The van der Waals surface area contributed by atoms with Gasteiger partial charge in [-0.15, -0.1) is 0 Å². The van der Waals surface area contributed by atoms with Crippen molar-refractivity contribution in [2.75, 3.05) is 11.1 Å². The first-order chi connectivity index (χ1) is 10.1. The normalized spacial score (nSPS) is 10.8. The van der Waals surface area contributed by atoms with Gasteiger partial charge in [0.25, 0.3) is 5.56 Å². The summed E-state index contributed by atoms with van der Waals surface area (Å²) in [4.78, 5) is 18.4. The Bertz CT molecular complexity index is 872. The average molecular weight is 410 g/mol. The van der Waals surface area contributed by atoms with Gasteiger partial charge in [-0.2, -0.15) is 0 Å². The smallest absolute Gasteiger partial charge is 0.258 e. The summed E-state index contributed by atoms with van der Waals surface area (Å²) in [5.74, 6) is 0. The minimum atomic E-state index is -0.208. The molecule has 0 saturated heterocycles. The molecular weight excluding hydrogens is 400 g/mol. The fourth-order valence-corrected chi connectivity index (χ4v) is 3.19. The number of rotatable bonds is 2. The number of anilines is 3. The number of hydrogen-bond donors (Lipinski definition) is 3. The fraction of sp³-hybridized carbons (Fsp3) is 0. The second-order valence-electron chi connectivity index (χ2n) is 4.41. The van der Waals surface area contributed by atoms with Gasteiger partial charge in [0.2, 0.25) is 0 Å². The molecule has 0 unspecified atom stereocenters. The first-order valence-corrected chi connectivity index (χ1v) is 7.63. The second-order valence-corrected chi connectivity index (χ2v) is 6.12. The lowest BCUT2D eigenvalue weighted by atomic mass is 10.2. The summed E-state index contributed by atoms with van der Waals surface area (Å²) < 4.78 is 1.80. The van der Waals surface area contributed by atoms with Gasteiger partial charge in [-0.05, 0) is 56.1 Å². The van der Waals surface area contributed by atoms with E-state index in [1.165, 1.54) is 6.33 Å². The number of fused-ring (bicyclic) bond motifs is 1. The molecule has 3 aromatic rings. The van der Waals surface area contributed by atoms with Crippen LogP contribution in [-0.4, -0.2) is 9.97 Å². The maximum absolute atomic E-state index is 11.7. The number of nitrogens with two attached hydrogens (primary N) is 1. The Labute approximate surface area is 136 Å². The van der Waals surface area contributed by atoms with Crippen molar-refractivity contribution in [3.05, 3.63) is 56.0 Å².